The van der Waals surface area contributed by atoms with Gasteiger partial charge in [0.25, 0.3) is 0 Å². The van der Waals surface area contributed by atoms with E-state index in [1.165, 1.54) is 25.7 Å². The van der Waals surface area contributed by atoms with Gasteiger partial charge < -0.3 is 15.4 Å². The lowest BCUT2D eigenvalue weighted by molar-refractivity contribution is -0.0340. The number of urea groups is 1. The number of aryl methyl sites for hydroxylation is 1. The van der Waals surface area contributed by atoms with E-state index < -0.39 is 0 Å². The number of ether oxygens (including phenoxy) is 1. The van der Waals surface area contributed by atoms with E-state index in [4.69, 9.17) is 4.74 Å². The smallest absolute Gasteiger partial charge is 0.319 e. The second-order valence-electron chi connectivity index (χ2n) is 7.78. The van der Waals surface area contributed by atoms with Gasteiger partial charge in [0.1, 0.15) is 0 Å². The zero-order chi connectivity index (χ0) is 18.7. The molecule has 2 heterocycles. The largest absolute Gasteiger partial charge is 0.370 e. The van der Waals surface area contributed by atoms with Crippen LogP contribution in [0.15, 0.2) is 42.7 Å². The molecule has 0 radical (unpaired) electrons. The van der Waals surface area contributed by atoms with Gasteiger partial charge in [0.2, 0.25) is 0 Å². The summed E-state index contributed by atoms with van der Waals surface area (Å²) in [6.45, 7) is 2.56. The molecule has 2 fully saturated rings. The number of nitrogens with one attached hydrogen (secondary N) is 2. The van der Waals surface area contributed by atoms with E-state index in [1.807, 2.05) is 43.5 Å². The van der Waals surface area contributed by atoms with Gasteiger partial charge in [-0.2, -0.15) is 0 Å². The molecule has 2 aliphatic rings. The van der Waals surface area contributed by atoms with Crippen LogP contribution >= 0.6 is 0 Å². The first kappa shape index (κ1) is 18.0. The maximum Gasteiger partial charge on any atom is 0.319 e. The van der Waals surface area contributed by atoms with Crippen molar-refractivity contribution in [1.82, 2.24) is 10.3 Å². The fourth-order valence-corrected chi connectivity index (χ4v) is 4.27. The minimum atomic E-state index is -0.183. The molecule has 0 bridgehead atoms. The SMILES string of the molecule is Cc1ccc(-c2cccnc2)cc1NC(=O)NCC1CCC2(CCCC2)O1. The number of aromatic nitrogens is 1. The van der Waals surface area contributed by atoms with E-state index in [1.54, 1.807) is 6.20 Å². The molecular formula is C22H27N3O2. The highest BCUT2D eigenvalue weighted by Gasteiger charge is 2.42. The van der Waals surface area contributed by atoms with E-state index in [0.717, 1.165) is 35.2 Å². The Labute approximate surface area is 160 Å². The van der Waals surface area contributed by atoms with Crippen molar-refractivity contribution < 1.29 is 9.53 Å². The van der Waals surface area contributed by atoms with Crippen molar-refractivity contribution in [1.29, 1.82) is 0 Å². The molecule has 1 saturated carbocycles. The third kappa shape index (κ3) is 4.14. The van der Waals surface area contributed by atoms with Gasteiger partial charge in [0.05, 0.1) is 11.7 Å². The van der Waals surface area contributed by atoms with Gasteiger partial charge in [-0.15, -0.1) is 0 Å². The molecule has 1 unspecified atom stereocenters. The van der Waals surface area contributed by atoms with E-state index in [2.05, 4.69) is 15.6 Å². The molecule has 1 aromatic carbocycles. The van der Waals surface area contributed by atoms with Crippen molar-refractivity contribution in [2.45, 2.75) is 57.2 Å². The fraction of sp³-hybridized carbons (Fsp3) is 0.455. The fourth-order valence-electron chi connectivity index (χ4n) is 4.27. The number of nitrogens with zero attached hydrogens (tertiary/aromatic N) is 1. The molecule has 1 aliphatic carbocycles. The number of carbonyl (C=O) groups excluding carboxylic acids is 1. The maximum absolute atomic E-state index is 12.4. The van der Waals surface area contributed by atoms with E-state index in [-0.39, 0.29) is 17.7 Å². The van der Waals surface area contributed by atoms with Crippen LogP contribution < -0.4 is 10.6 Å². The highest BCUT2D eigenvalue weighted by molar-refractivity contribution is 5.91. The van der Waals surface area contributed by atoms with Crippen molar-refractivity contribution in [2.24, 2.45) is 0 Å². The highest BCUT2D eigenvalue weighted by atomic mass is 16.5. The number of amides is 2. The van der Waals surface area contributed by atoms with Crippen molar-refractivity contribution in [3.8, 4) is 11.1 Å². The first-order valence-electron chi connectivity index (χ1n) is 9.87. The van der Waals surface area contributed by atoms with Gasteiger partial charge in [-0.25, -0.2) is 4.79 Å². The van der Waals surface area contributed by atoms with Crippen LogP contribution in [0.1, 0.15) is 44.1 Å². The average Bonchev–Trinajstić information content (AvgIpc) is 3.32. The summed E-state index contributed by atoms with van der Waals surface area (Å²) in [6, 6.07) is 9.79. The summed E-state index contributed by atoms with van der Waals surface area (Å²) in [5, 5.41) is 5.96. The molecular weight excluding hydrogens is 338 g/mol. The Bertz CT molecular complexity index is 800. The van der Waals surface area contributed by atoms with E-state index in [0.29, 0.717) is 6.54 Å². The Morgan fingerprint density at radius 2 is 2.07 bits per heavy atom. The van der Waals surface area contributed by atoms with Crippen LogP contribution in [0.5, 0.6) is 0 Å². The van der Waals surface area contributed by atoms with Crippen molar-refractivity contribution in [3.63, 3.8) is 0 Å². The summed E-state index contributed by atoms with van der Waals surface area (Å²) < 4.78 is 6.26. The van der Waals surface area contributed by atoms with Crippen LogP contribution in [-0.4, -0.2) is 29.3 Å². The maximum atomic E-state index is 12.4. The highest BCUT2D eigenvalue weighted by Crippen LogP contribution is 2.43. The number of benzene rings is 1. The van der Waals surface area contributed by atoms with Gasteiger partial charge >= 0.3 is 6.03 Å². The monoisotopic (exact) mass is 365 g/mol. The van der Waals surface area contributed by atoms with Gasteiger partial charge in [-0.3, -0.25) is 4.98 Å². The van der Waals surface area contributed by atoms with Crippen LogP contribution in [0, 0.1) is 6.92 Å². The van der Waals surface area contributed by atoms with Crippen LogP contribution in [-0.2, 0) is 4.74 Å². The van der Waals surface area contributed by atoms with Crippen LogP contribution in [0.2, 0.25) is 0 Å². The quantitative estimate of drug-likeness (QED) is 0.827. The number of anilines is 1. The predicted octanol–water partition coefficient (Wildman–Crippen LogP) is 4.67. The molecule has 27 heavy (non-hydrogen) atoms. The number of hydrogen-bond donors (Lipinski definition) is 2. The Hall–Kier alpha value is -2.40. The molecule has 2 amide bonds. The van der Waals surface area contributed by atoms with Gasteiger partial charge in [-0.05, 0) is 55.9 Å². The standard InChI is InChI=1S/C22H27N3O2/c1-16-6-7-17(18-5-4-12-23-14-18)13-20(16)25-21(26)24-15-19-8-11-22(27-19)9-2-3-10-22/h4-7,12-14,19H,2-3,8-11,15H2,1H3,(H2,24,25,26). The van der Waals surface area contributed by atoms with Crippen LogP contribution in [0.4, 0.5) is 10.5 Å². The van der Waals surface area contributed by atoms with Crippen LogP contribution in [0.3, 0.4) is 0 Å². The summed E-state index contributed by atoms with van der Waals surface area (Å²) in [5.74, 6) is 0. The number of pyridine rings is 1. The van der Waals surface area contributed by atoms with Gasteiger partial charge in [0.15, 0.2) is 0 Å². The average molecular weight is 365 g/mol. The normalized spacial score (nSPS) is 20.7. The number of rotatable bonds is 4. The first-order valence-corrected chi connectivity index (χ1v) is 9.87. The molecule has 1 saturated heterocycles. The molecule has 142 valence electrons. The van der Waals surface area contributed by atoms with Crippen molar-refractivity contribution >= 4 is 11.7 Å². The van der Waals surface area contributed by atoms with Crippen LogP contribution in [0.25, 0.3) is 11.1 Å². The zero-order valence-electron chi connectivity index (χ0n) is 15.8. The summed E-state index contributed by atoms with van der Waals surface area (Å²) in [6.07, 6.45) is 10.8. The predicted molar refractivity (Wildman–Crippen MR) is 107 cm³/mol. The zero-order valence-corrected chi connectivity index (χ0v) is 15.8. The third-order valence-electron chi connectivity index (χ3n) is 5.82. The summed E-state index contributed by atoms with van der Waals surface area (Å²) in [7, 11) is 0. The Morgan fingerprint density at radius 3 is 2.85 bits per heavy atom. The van der Waals surface area contributed by atoms with Gasteiger partial charge in [-0.1, -0.05) is 31.0 Å². The first-order chi connectivity index (χ1) is 13.1. The van der Waals surface area contributed by atoms with Crippen molar-refractivity contribution in [3.05, 3.63) is 48.3 Å². The summed E-state index contributed by atoms with van der Waals surface area (Å²) in [4.78, 5) is 16.6. The third-order valence-corrected chi connectivity index (χ3v) is 5.82. The molecule has 1 aliphatic heterocycles. The number of hydrogen-bond acceptors (Lipinski definition) is 3. The lowest BCUT2D eigenvalue weighted by Crippen LogP contribution is -2.36. The molecule has 1 spiro atoms. The lowest BCUT2D eigenvalue weighted by atomic mass is 9.98. The lowest BCUT2D eigenvalue weighted by Gasteiger charge is -2.24. The molecule has 2 aromatic rings. The molecule has 2 N–H and O–H groups in total. The second kappa shape index (κ2) is 7.69. The molecule has 4 rings (SSSR count). The molecule has 1 atom stereocenters. The van der Waals surface area contributed by atoms with Crippen molar-refractivity contribution in [2.75, 3.05) is 11.9 Å². The number of carbonyl (C=O) groups is 1. The Kier molecular flexibility index (Phi) is 5.12. The molecule has 1 aromatic heterocycles. The molecule has 5 nitrogen and oxygen atoms in total. The molecule has 5 heteroatoms. The van der Waals surface area contributed by atoms with E-state index in [9.17, 15) is 4.79 Å². The second-order valence-corrected chi connectivity index (χ2v) is 7.78. The Balaban J connectivity index is 1.34. The Morgan fingerprint density at radius 1 is 1.22 bits per heavy atom. The van der Waals surface area contributed by atoms with E-state index >= 15 is 0 Å². The van der Waals surface area contributed by atoms with Gasteiger partial charge in [0, 0.05) is 30.2 Å². The minimum absolute atomic E-state index is 0.109. The summed E-state index contributed by atoms with van der Waals surface area (Å²) >= 11 is 0. The summed E-state index contributed by atoms with van der Waals surface area (Å²) in [5.41, 5.74) is 4.01. The minimum Gasteiger partial charge on any atom is -0.370 e. The topological polar surface area (TPSA) is 63.2 Å².